The minimum Gasteiger partial charge on any atom is -0.379 e. The van der Waals surface area contributed by atoms with Crippen LogP contribution in [0.15, 0.2) is 0 Å². The van der Waals surface area contributed by atoms with Crippen LogP contribution in [0.1, 0.15) is 20.3 Å². The lowest BCUT2D eigenvalue weighted by molar-refractivity contribution is 0.0239. The lowest BCUT2D eigenvalue weighted by atomic mass is 10.0. The maximum absolute atomic E-state index is 5.52. The van der Waals surface area contributed by atoms with E-state index in [1.165, 1.54) is 0 Å². The van der Waals surface area contributed by atoms with Gasteiger partial charge in [-0.1, -0.05) is 19.8 Å². The Balaban J connectivity index is 2.40. The molecule has 1 aliphatic heterocycles. The molecule has 1 unspecified atom stereocenters. The Bertz CT molecular complexity index is 177. The molecule has 0 aromatic rings. The number of nitrogens with zero attached hydrogens (tertiary/aromatic N) is 1. The molecule has 1 saturated heterocycles. The van der Waals surface area contributed by atoms with E-state index < -0.39 is 0 Å². The summed E-state index contributed by atoms with van der Waals surface area (Å²) in [6.45, 7) is 8.06. The standard InChI is InChI=1S/C11H19NO/c1-4-11(9-10(2)3)12-5-7-13-8-6-12/h1,10-11H,5-9H2,2-3H3. The van der Waals surface area contributed by atoms with Gasteiger partial charge in [0.2, 0.25) is 0 Å². The molecule has 0 spiro atoms. The molecular formula is C11H19NO. The minimum absolute atomic E-state index is 0.309. The summed E-state index contributed by atoms with van der Waals surface area (Å²) in [5, 5.41) is 0. The molecule has 2 nitrogen and oxygen atoms in total. The maximum atomic E-state index is 5.52. The lowest BCUT2D eigenvalue weighted by Crippen LogP contribution is -2.43. The van der Waals surface area contributed by atoms with Gasteiger partial charge in [0.15, 0.2) is 0 Å². The number of terminal acetylenes is 1. The fourth-order valence-corrected chi connectivity index (χ4v) is 1.66. The third-order valence-electron chi connectivity index (χ3n) is 2.37. The summed E-state index contributed by atoms with van der Waals surface area (Å²) >= 11 is 0. The van der Waals surface area contributed by atoms with Crippen molar-refractivity contribution in [3.8, 4) is 12.3 Å². The molecule has 0 saturated carbocycles. The smallest absolute Gasteiger partial charge is 0.0715 e. The molecule has 13 heavy (non-hydrogen) atoms. The molecule has 0 radical (unpaired) electrons. The molecule has 1 atom stereocenters. The van der Waals surface area contributed by atoms with Crippen molar-refractivity contribution in [2.45, 2.75) is 26.3 Å². The highest BCUT2D eigenvalue weighted by molar-refractivity contribution is 5.00. The van der Waals surface area contributed by atoms with Crippen LogP contribution >= 0.6 is 0 Å². The molecule has 0 aromatic heterocycles. The van der Waals surface area contributed by atoms with Gasteiger partial charge in [0.25, 0.3) is 0 Å². The normalized spacial score (nSPS) is 21.4. The SMILES string of the molecule is C#CC(CC(C)C)N1CCOCC1. The first-order valence-corrected chi connectivity index (χ1v) is 5.02. The third-order valence-corrected chi connectivity index (χ3v) is 2.37. The molecule has 0 aromatic carbocycles. The highest BCUT2D eigenvalue weighted by Gasteiger charge is 2.19. The molecule has 1 aliphatic rings. The zero-order valence-corrected chi connectivity index (χ0v) is 8.62. The molecule has 2 heteroatoms. The van der Waals surface area contributed by atoms with E-state index in [0.717, 1.165) is 32.7 Å². The second-order valence-electron chi connectivity index (χ2n) is 3.96. The van der Waals surface area contributed by atoms with Gasteiger partial charge < -0.3 is 4.74 Å². The van der Waals surface area contributed by atoms with Crippen LogP contribution in [0.2, 0.25) is 0 Å². The lowest BCUT2D eigenvalue weighted by Gasteiger charge is -2.32. The molecule has 1 rings (SSSR count). The van der Waals surface area contributed by atoms with Crippen molar-refractivity contribution < 1.29 is 4.74 Å². The Labute approximate surface area is 81.3 Å². The Hall–Kier alpha value is -0.520. The number of morpholine rings is 1. The zero-order valence-electron chi connectivity index (χ0n) is 8.62. The van der Waals surface area contributed by atoms with Crippen LogP contribution in [0.5, 0.6) is 0 Å². The van der Waals surface area contributed by atoms with Gasteiger partial charge in [-0.15, -0.1) is 6.42 Å². The monoisotopic (exact) mass is 181 g/mol. The Morgan fingerprint density at radius 1 is 1.38 bits per heavy atom. The fraction of sp³-hybridized carbons (Fsp3) is 0.818. The molecule has 1 fully saturated rings. The van der Waals surface area contributed by atoms with Crippen molar-refractivity contribution >= 4 is 0 Å². The zero-order chi connectivity index (χ0) is 9.68. The summed E-state index contributed by atoms with van der Waals surface area (Å²) in [6.07, 6.45) is 6.61. The van der Waals surface area contributed by atoms with E-state index in [2.05, 4.69) is 24.7 Å². The van der Waals surface area contributed by atoms with Crippen molar-refractivity contribution in [1.29, 1.82) is 0 Å². The summed E-state index contributed by atoms with van der Waals surface area (Å²) < 4.78 is 5.29. The Morgan fingerprint density at radius 2 is 2.00 bits per heavy atom. The Morgan fingerprint density at radius 3 is 2.46 bits per heavy atom. The Kier molecular flexibility index (Phi) is 4.27. The number of rotatable bonds is 3. The van der Waals surface area contributed by atoms with Crippen LogP contribution in [0.4, 0.5) is 0 Å². The molecule has 0 N–H and O–H groups in total. The number of ether oxygens (including phenoxy) is 1. The summed E-state index contributed by atoms with van der Waals surface area (Å²) in [4.78, 5) is 2.35. The van der Waals surface area contributed by atoms with Gasteiger partial charge in [-0.3, -0.25) is 4.90 Å². The number of hydrogen-bond acceptors (Lipinski definition) is 2. The fourth-order valence-electron chi connectivity index (χ4n) is 1.66. The second kappa shape index (κ2) is 5.26. The summed E-state index contributed by atoms with van der Waals surface area (Å²) in [5.74, 6) is 3.54. The van der Waals surface area contributed by atoms with Crippen molar-refractivity contribution in [1.82, 2.24) is 4.90 Å². The van der Waals surface area contributed by atoms with Crippen molar-refractivity contribution in [3.05, 3.63) is 0 Å². The van der Waals surface area contributed by atoms with E-state index >= 15 is 0 Å². The van der Waals surface area contributed by atoms with E-state index in [-0.39, 0.29) is 0 Å². The van der Waals surface area contributed by atoms with E-state index in [4.69, 9.17) is 11.2 Å². The van der Waals surface area contributed by atoms with Gasteiger partial charge in [-0.05, 0) is 12.3 Å². The second-order valence-corrected chi connectivity index (χ2v) is 3.96. The molecule has 1 heterocycles. The molecule has 74 valence electrons. The van der Waals surface area contributed by atoms with Gasteiger partial charge in [-0.2, -0.15) is 0 Å². The highest BCUT2D eigenvalue weighted by Crippen LogP contribution is 2.12. The van der Waals surface area contributed by atoms with Crippen molar-refractivity contribution in [2.75, 3.05) is 26.3 Å². The van der Waals surface area contributed by atoms with E-state index in [0.29, 0.717) is 12.0 Å². The number of hydrogen-bond donors (Lipinski definition) is 0. The molecular weight excluding hydrogens is 162 g/mol. The predicted molar refractivity (Wildman–Crippen MR) is 54.5 cm³/mol. The largest absolute Gasteiger partial charge is 0.379 e. The summed E-state index contributed by atoms with van der Waals surface area (Å²) in [6, 6.07) is 0.309. The van der Waals surface area contributed by atoms with Crippen LogP contribution in [0.25, 0.3) is 0 Å². The first-order chi connectivity index (χ1) is 6.24. The summed E-state index contributed by atoms with van der Waals surface area (Å²) in [7, 11) is 0. The first kappa shape index (κ1) is 10.6. The molecule has 0 aliphatic carbocycles. The van der Waals surface area contributed by atoms with E-state index in [1.54, 1.807) is 0 Å². The first-order valence-electron chi connectivity index (χ1n) is 5.02. The third kappa shape index (κ3) is 3.38. The van der Waals surface area contributed by atoms with Gasteiger partial charge >= 0.3 is 0 Å². The topological polar surface area (TPSA) is 12.5 Å². The van der Waals surface area contributed by atoms with Gasteiger partial charge in [-0.25, -0.2) is 0 Å². The van der Waals surface area contributed by atoms with Crippen LogP contribution in [0, 0.1) is 18.3 Å². The quantitative estimate of drug-likeness (QED) is 0.610. The van der Waals surface area contributed by atoms with E-state index in [1.807, 2.05) is 0 Å². The van der Waals surface area contributed by atoms with Crippen LogP contribution in [0.3, 0.4) is 0 Å². The average molecular weight is 181 g/mol. The van der Waals surface area contributed by atoms with Crippen LogP contribution in [-0.4, -0.2) is 37.2 Å². The summed E-state index contributed by atoms with van der Waals surface area (Å²) in [5.41, 5.74) is 0. The molecule has 0 amide bonds. The van der Waals surface area contributed by atoms with Crippen LogP contribution < -0.4 is 0 Å². The van der Waals surface area contributed by atoms with E-state index in [9.17, 15) is 0 Å². The highest BCUT2D eigenvalue weighted by atomic mass is 16.5. The predicted octanol–water partition coefficient (Wildman–Crippen LogP) is 1.37. The maximum Gasteiger partial charge on any atom is 0.0715 e. The van der Waals surface area contributed by atoms with Gasteiger partial charge in [0.05, 0.1) is 19.3 Å². The van der Waals surface area contributed by atoms with Gasteiger partial charge in [0, 0.05) is 13.1 Å². The van der Waals surface area contributed by atoms with Crippen LogP contribution in [-0.2, 0) is 4.74 Å². The average Bonchev–Trinajstić information content (AvgIpc) is 2.15. The van der Waals surface area contributed by atoms with Crippen molar-refractivity contribution in [3.63, 3.8) is 0 Å². The minimum atomic E-state index is 0.309. The van der Waals surface area contributed by atoms with Crippen molar-refractivity contribution in [2.24, 2.45) is 5.92 Å². The molecule has 0 bridgehead atoms. The van der Waals surface area contributed by atoms with Gasteiger partial charge in [0.1, 0.15) is 0 Å².